The average Bonchev–Trinajstić information content (AvgIpc) is 2.32. The summed E-state index contributed by atoms with van der Waals surface area (Å²) >= 11 is 7.90. The predicted octanol–water partition coefficient (Wildman–Crippen LogP) is 4.27. The maximum Gasteiger partial charge on any atom is 0.0737 e. The van der Waals surface area contributed by atoms with E-state index in [1.165, 1.54) is 24.8 Å². The second kappa shape index (κ2) is 6.12. The van der Waals surface area contributed by atoms with E-state index in [9.17, 15) is 5.11 Å². The zero-order chi connectivity index (χ0) is 12.1. The molecule has 0 amide bonds. The van der Waals surface area contributed by atoms with Crippen molar-refractivity contribution in [1.29, 1.82) is 0 Å². The van der Waals surface area contributed by atoms with Gasteiger partial charge in [0.2, 0.25) is 0 Å². The Morgan fingerprint density at radius 3 is 2.59 bits per heavy atom. The smallest absolute Gasteiger partial charge is 0.0737 e. The topological polar surface area (TPSA) is 20.2 Å². The van der Waals surface area contributed by atoms with E-state index in [0.29, 0.717) is 0 Å². The van der Waals surface area contributed by atoms with Crippen LogP contribution in [-0.4, -0.2) is 16.5 Å². The lowest BCUT2D eigenvalue weighted by Gasteiger charge is -2.31. The third-order valence-corrected chi connectivity index (χ3v) is 5.00. The first-order chi connectivity index (χ1) is 8.20. The quantitative estimate of drug-likeness (QED) is 0.882. The van der Waals surface area contributed by atoms with Crippen molar-refractivity contribution >= 4 is 23.4 Å². The molecular formula is C14H19ClOS. The molecule has 1 fully saturated rings. The van der Waals surface area contributed by atoms with Crippen molar-refractivity contribution in [3.8, 4) is 0 Å². The van der Waals surface area contributed by atoms with Crippen LogP contribution in [0.3, 0.4) is 0 Å². The maximum absolute atomic E-state index is 10.4. The highest BCUT2D eigenvalue weighted by molar-refractivity contribution is 7.98. The van der Waals surface area contributed by atoms with Crippen LogP contribution in [0.1, 0.15) is 37.7 Å². The number of aliphatic hydroxyl groups is 1. The van der Waals surface area contributed by atoms with Gasteiger partial charge in [0.25, 0.3) is 0 Å². The molecule has 0 saturated heterocycles. The first kappa shape index (κ1) is 13.3. The molecule has 0 heterocycles. The van der Waals surface area contributed by atoms with Gasteiger partial charge in [-0.25, -0.2) is 0 Å². The van der Waals surface area contributed by atoms with E-state index in [2.05, 4.69) is 6.07 Å². The van der Waals surface area contributed by atoms with Gasteiger partial charge in [-0.05, 0) is 24.5 Å². The molecule has 1 saturated carbocycles. The number of thioether (sulfide) groups is 1. The van der Waals surface area contributed by atoms with Gasteiger partial charge in [0.05, 0.1) is 5.60 Å². The molecule has 0 spiro atoms. The van der Waals surface area contributed by atoms with E-state index in [0.717, 1.165) is 29.4 Å². The van der Waals surface area contributed by atoms with Crippen LogP contribution >= 0.6 is 23.4 Å². The van der Waals surface area contributed by atoms with Crippen LogP contribution in [0.4, 0.5) is 0 Å². The van der Waals surface area contributed by atoms with Gasteiger partial charge in [-0.2, -0.15) is 11.8 Å². The Bertz CT molecular complexity index is 361. The number of hydrogen-bond donors (Lipinski definition) is 1. The molecule has 0 bridgehead atoms. The third kappa shape index (κ3) is 3.90. The SMILES string of the molecule is OC1(CSCc2ccccc2Cl)CCCCC1. The van der Waals surface area contributed by atoms with Crippen molar-refractivity contribution < 1.29 is 5.11 Å². The molecule has 0 radical (unpaired) electrons. The van der Waals surface area contributed by atoms with Crippen molar-refractivity contribution in [2.24, 2.45) is 0 Å². The highest BCUT2D eigenvalue weighted by Crippen LogP contribution is 2.32. The Labute approximate surface area is 113 Å². The van der Waals surface area contributed by atoms with Gasteiger partial charge in [0, 0.05) is 16.5 Å². The van der Waals surface area contributed by atoms with Crippen molar-refractivity contribution in [1.82, 2.24) is 0 Å². The molecular weight excluding hydrogens is 252 g/mol. The zero-order valence-corrected chi connectivity index (χ0v) is 11.6. The molecule has 94 valence electrons. The number of halogens is 1. The van der Waals surface area contributed by atoms with Crippen LogP contribution in [0.15, 0.2) is 24.3 Å². The van der Waals surface area contributed by atoms with Gasteiger partial charge in [-0.15, -0.1) is 0 Å². The molecule has 1 aromatic carbocycles. The molecule has 1 nitrogen and oxygen atoms in total. The Hall–Kier alpha value is -0.180. The largest absolute Gasteiger partial charge is 0.389 e. The van der Waals surface area contributed by atoms with Gasteiger partial charge >= 0.3 is 0 Å². The summed E-state index contributed by atoms with van der Waals surface area (Å²) in [6.07, 6.45) is 5.54. The van der Waals surface area contributed by atoms with Crippen LogP contribution in [-0.2, 0) is 5.75 Å². The van der Waals surface area contributed by atoms with E-state index in [1.54, 1.807) is 11.8 Å². The standard InChI is InChI=1S/C14H19ClOS/c15-13-7-3-2-6-12(13)10-17-11-14(16)8-4-1-5-9-14/h2-3,6-7,16H,1,4-5,8-11H2. The van der Waals surface area contributed by atoms with Crippen LogP contribution in [0.25, 0.3) is 0 Å². The fourth-order valence-electron chi connectivity index (χ4n) is 2.32. The Morgan fingerprint density at radius 2 is 1.88 bits per heavy atom. The Morgan fingerprint density at radius 1 is 1.18 bits per heavy atom. The molecule has 1 aromatic rings. The predicted molar refractivity (Wildman–Crippen MR) is 75.6 cm³/mol. The minimum Gasteiger partial charge on any atom is -0.389 e. The first-order valence-electron chi connectivity index (χ1n) is 6.23. The summed E-state index contributed by atoms with van der Waals surface area (Å²) in [7, 11) is 0. The fraction of sp³-hybridized carbons (Fsp3) is 0.571. The zero-order valence-electron chi connectivity index (χ0n) is 9.99. The molecule has 3 heteroatoms. The summed E-state index contributed by atoms with van der Waals surface area (Å²) in [5, 5.41) is 11.2. The second-order valence-corrected chi connectivity index (χ2v) is 6.26. The highest BCUT2D eigenvalue weighted by Gasteiger charge is 2.28. The molecule has 1 aliphatic carbocycles. The average molecular weight is 271 g/mol. The molecule has 1 N–H and O–H groups in total. The minimum atomic E-state index is -0.426. The van der Waals surface area contributed by atoms with Crippen LogP contribution < -0.4 is 0 Å². The van der Waals surface area contributed by atoms with Crippen molar-refractivity contribution in [2.45, 2.75) is 43.5 Å². The summed E-state index contributed by atoms with van der Waals surface area (Å²) in [5.74, 6) is 1.72. The molecule has 0 atom stereocenters. The maximum atomic E-state index is 10.4. The monoisotopic (exact) mass is 270 g/mol. The normalized spacial score (nSPS) is 19.2. The number of benzene rings is 1. The van der Waals surface area contributed by atoms with Gasteiger partial charge in [-0.3, -0.25) is 0 Å². The second-order valence-electron chi connectivity index (χ2n) is 4.87. The fourth-order valence-corrected chi connectivity index (χ4v) is 3.84. The summed E-state index contributed by atoms with van der Waals surface area (Å²) in [4.78, 5) is 0. The molecule has 0 unspecified atom stereocenters. The molecule has 1 aliphatic rings. The summed E-state index contributed by atoms with van der Waals surface area (Å²) < 4.78 is 0. The Kier molecular flexibility index (Phi) is 4.78. The van der Waals surface area contributed by atoms with E-state index in [-0.39, 0.29) is 0 Å². The van der Waals surface area contributed by atoms with Gasteiger partial charge in [0.15, 0.2) is 0 Å². The van der Waals surface area contributed by atoms with Crippen LogP contribution in [0.2, 0.25) is 5.02 Å². The molecule has 0 aromatic heterocycles. The van der Waals surface area contributed by atoms with Crippen molar-refractivity contribution in [3.05, 3.63) is 34.9 Å². The lowest BCUT2D eigenvalue weighted by Crippen LogP contribution is -2.34. The van der Waals surface area contributed by atoms with Crippen molar-refractivity contribution in [3.63, 3.8) is 0 Å². The third-order valence-electron chi connectivity index (χ3n) is 3.37. The summed E-state index contributed by atoms with van der Waals surface area (Å²) in [6, 6.07) is 7.94. The highest BCUT2D eigenvalue weighted by atomic mass is 35.5. The molecule has 17 heavy (non-hydrogen) atoms. The summed E-state index contributed by atoms with van der Waals surface area (Å²) in [6.45, 7) is 0. The minimum absolute atomic E-state index is 0.426. The van der Waals surface area contributed by atoms with Gasteiger partial charge in [-0.1, -0.05) is 49.1 Å². The number of hydrogen-bond acceptors (Lipinski definition) is 2. The van der Waals surface area contributed by atoms with E-state index in [4.69, 9.17) is 11.6 Å². The van der Waals surface area contributed by atoms with Crippen LogP contribution in [0, 0.1) is 0 Å². The first-order valence-corrected chi connectivity index (χ1v) is 7.76. The van der Waals surface area contributed by atoms with Crippen molar-refractivity contribution in [2.75, 3.05) is 5.75 Å². The van der Waals surface area contributed by atoms with Crippen LogP contribution in [0.5, 0.6) is 0 Å². The summed E-state index contributed by atoms with van der Waals surface area (Å²) in [5.41, 5.74) is 0.739. The lowest BCUT2D eigenvalue weighted by molar-refractivity contribution is 0.0273. The van der Waals surface area contributed by atoms with E-state index < -0.39 is 5.60 Å². The van der Waals surface area contributed by atoms with Gasteiger partial charge < -0.3 is 5.11 Å². The van der Waals surface area contributed by atoms with E-state index >= 15 is 0 Å². The lowest BCUT2D eigenvalue weighted by atomic mass is 9.86. The molecule has 0 aliphatic heterocycles. The van der Waals surface area contributed by atoms with E-state index in [1.807, 2.05) is 18.2 Å². The molecule has 2 rings (SSSR count). The number of rotatable bonds is 4. The van der Waals surface area contributed by atoms with Gasteiger partial charge in [0.1, 0.15) is 0 Å². The Balaban J connectivity index is 1.81.